The van der Waals surface area contributed by atoms with E-state index in [0.717, 1.165) is 40.4 Å². The molecule has 6 rings (SSSR count). The molecule has 1 fully saturated rings. The van der Waals surface area contributed by atoms with E-state index in [1.54, 1.807) is 4.90 Å². The zero-order valence-electron chi connectivity index (χ0n) is 24.3. The van der Waals surface area contributed by atoms with Gasteiger partial charge in [-0.25, -0.2) is 4.79 Å². The number of rotatable bonds is 6. The summed E-state index contributed by atoms with van der Waals surface area (Å²) in [5.74, 6) is 1.76. The topological polar surface area (TPSA) is 80.9 Å². The lowest BCUT2D eigenvalue weighted by atomic mass is 9.88. The fourth-order valence-corrected chi connectivity index (χ4v) is 5.64. The molecule has 0 saturated carbocycles. The van der Waals surface area contributed by atoms with Gasteiger partial charge in [0.2, 0.25) is 5.78 Å². The number of piperidine rings is 1. The van der Waals surface area contributed by atoms with Crippen molar-refractivity contribution in [3.05, 3.63) is 101 Å². The standard InChI is InChI=1S/C35H36N2O5/c1-35(2,3)42-34(39)37-17-15-23(16-18-37)19-28-30(40-22-24-9-5-4-6-10-24)14-13-27-32(38)31(41-33(27)28)20-25-21-36-29-12-8-7-11-26(25)29/h4-14,20-21,23,36H,15-19,22H2,1-3H3/b31-20-. The number of carbonyl (C=O) groups is 2. The molecule has 7 heteroatoms. The van der Waals surface area contributed by atoms with Crippen molar-refractivity contribution in [3.8, 4) is 11.5 Å². The second-order valence-electron chi connectivity index (χ2n) is 12.0. The number of amides is 1. The number of aromatic amines is 1. The molecule has 0 atom stereocenters. The predicted molar refractivity (Wildman–Crippen MR) is 163 cm³/mol. The number of benzene rings is 3. The molecule has 0 radical (unpaired) electrons. The van der Waals surface area contributed by atoms with Crippen LogP contribution < -0.4 is 9.47 Å². The number of carbonyl (C=O) groups excluding carboxylic acids is 2. The summed E-state index contributed by atoms with van der Waals surface area (Å²) in [6.07, 6.45) is 5.78. The van der Waals surface area contributed by atoms with Gasteiger partial charge in [-0.2, -0.15) is 0 Å². The number of hydrogen-bond donors (Lipinski definition) is 1. The highest BCUT2D eigenvalue weighted by Gasteiger charge is 2.34. The first-order chi connectivity index (χ1) is 20.2. The molecule has 42 heavy (non-hydrogen) atoms. The molecule has 4 aromatic rings. The van der Waals surface area contributed by atoms with Crippen LogP contribution in [0, 0.1) is 5.92 Å². The van der Waals surface area contributed by atoms with Gasteiger partial charge < -0.3 is 24.1 Å². The Labute approximate surface area is 246 Å². The monoisotopic (exact) mass is 564 g/mol. The number of ketones is 1. The Balaban J connectivity index is 1.26. The van der Waals surface area contributed by atoms with E-state index in [-0.39, 0.29) is 11.9 Å². The van der Waals surface area contributed by atoms with Crippen LogP contribution in [0.25, 0.3) is 17.0 Å². The molecule has 7 nitrogen and oxygen atoms in total. The van der Waals surface area contributed by atoms with Crippen LogP contribution in [-0.4, -0.2) is 40.5 Å². The van der Waals surface area contributed by atoms with Gasteiger partial charge >= 0.3 is 6.09 Å². The number of nitrogens with zero attached hydrogens (tertiary/aromatic N) is 1. The number of aromatic nitrogens is 1. The number of H-pyrrole nitrogens is 1. The van der Waals surface area contributed by atoms with E-state index >= 15 is 0 Å². The van der Waals surface area contributed by atoms with E-state index in [2.05, 4.69) is 4.98 Å². The van der Waals surface area contributed by atoms with Gasteiger partial charge in [-0.05, 0) is 75.8 Å². The Kier molecular flexibility index (Phi) is 7.50. The Morgan fingerprint density at radius 2 is 1.76 bits per heavy atom. The van der Waals surface area contributed by atoms with Gasteiger partial charge in [0.05, 0.1) is 5.56 Å². The molecule has 1 amide bonds. The summed E-state index contributed by atoms with van der Waals surface area (Å²) in [6.45, 7) is 7.31. The molecule has 216 valence electrons. The third-order valence-electron chi connectivity index (χ3n) is 7.80. The molecule has 0 spiro atoms. The summed E-state index contributed by atoms with van der Waals surface area (Å²) in [6, 6.07) is 21.7. The van der Waals surface area contributed by atoms with E-state index in [1.165, 1.54) is 0 Å². The first-order valence-corrected chi connectivity index (χ1v) is 14.6. The van der Waals surface area contributed by atoms with Crippen molar-refractivity contribution in [3.63, 3.8) is 0 Å². The first kappa shape index (κ1) is 27.6. The SMILES string of the molecule is CC(C)(C)OC(=O)N1CCC(Cc2c(OCc3ccccc3)ccc3c2O/C(=C\c2c[nH]c4ccccc24)C3=O)CC1. The molecule has 1 saturated heterocycles. The second-order valence-corrected chi connectivity index (χ2v) is 12.0. The maximum Gasteiger partial charge on any atom is 0.410 e. The molecule has 2 aliphatic heterocycles. The van der Waals surface area contributed by atoms with Crippen molar-refractivity contribution in [1.82, 2.24) is 9.88 Å². The van der Waals surface area contributed by atoms with Crippen LogP contribution >= 0.6 is 0 Å². The second kappa shape index (κ2) is 11.4. The highest BCUT2D eigenvalue weighted by Crippen LogP contribution is 2.42. The molecule has 3 aromatic carbocycles. The minimum Gasteiger partial charge on any atom is -0.488 e. The fraction of sp³-hybridized carbons (Fsp3) is 0.314. The summed E-state index contributed by atoms with van der Waals surface area (Å²) < 4.78 is 18.3. The molecule has 3 heterocycles. The lowest BCUT2D eigenvalue weighted by Gasteiger charge is -2.33. The third-order valence-corrected chi connectivity index (χ3v) is 7.80. The Bertz CT molecular complexity index is 1640. The van der Waals surface area contributed by atoms with Crippen LogP contribution in [0.3, 0.4) is 0 Å². The van der Waals surface area contributed by atoms with E-state index in [9.17, 15) is 9.59 Å². The van der Waals surface area contributed by atoms with Crippen LogP contribution in [0.4, 0.5) is 4.79 Å². The van der Waals surface area contributed by atoms with Gasteiger partial charge in [-0.3, -0.25) is 4.79 Å². The number of nitrogens with one attached hydrogen (secondary N) is 1. The molecule has 0 unspecified atom stereocenters. The zero-order chi connectivity index (χ0) is 29.3. The largest absolute Gasteiger partial charge is 0.488 e. The molecule has 1 aromatic heterocycles. The van der Waals surface area contributed by atoms with E-state index < -0.39 is 5.60 Å². The Hall–Kier alpha value is -4.52. The lowest BCUT2D eigenvalue weighted by Crippen LogP contribution is -2.42. The Morgan fingerprint density at radius 3 is 2.52 bits per heavy atom. The highest BCUT2D eigenvalue weighted by molar-refractivity contribution is 6.15. The number of fused-ring (bicyclic) bond motifs is 2. The van der Waals surface area contributed by atoms with Gasteiger partial charge in [0.25, 0.3) is 0 Å². The maximum atomic E-state index is 13.5. The van der Waals surface area contributed by atoms with E-state index in [1.807, 2.05) is 99.8 Å². The van der Waals surface area contributed by atoms with Crippen molar-refractivity contribution in [1.29, 1.82) is 0 Å². The number of ether oxygens (including phenoxy) is 3. The van der Waals surface area contributed by atoms with Crippen molar-refractivity contribution in [2.24, 2.45) is 5.92 Å². The van der Waals surface area contributed by atoms with Crippen molar-refractivity contribution >= 4 is 28.9 Å². The Morgan fingerprint density at radius 1 is 1.02 bits per heavy atom. The fourth-order valence-electron chi connectivity index (χ4n) is 5.64. The maximum absolute atomic E-state index is 13.5. The molecule has 1 N–H and O–H groups in total. The average Bonchev–Trinajstić information content (AvgIpc) is 3.53. The van der Waals surface area contributed by atoms with Gasteiger partial charge in [-0.15, -0.1) is 0 Å². The van der Waals surface area contributed by atoms with Crippen LogP contribution in [0.1, 0.15) is 60.7 Å². The summed E-state index contributed by atoms with van der Waals surface area (Å²) in [7, 11) is 0. The van der Waals surface area contributed by atoms with Gasteiger partial charge in [0.15, 0.2) is 5.76 Å². The average molecular weight is 565 g/mol. The van der Waals surface area contributed by atoms with Crippen molar-refractivity contribution in [2.75, 3.05) is 13.1 Å². The predicted octanol–water partition coefficient (Wildman–Crippen LogP) is 7.55. The van der Waals surface area contributed by atoms with Crippen LogP contribution in [0.2, 0.25) is 0 Å². The number of likely N-dealkylation sites (tertiary alicyclic amines) is 1. The number of para-hydroxylation sites is 1. The summed E-state index contributed by atoms with van der Waals surface area (Å²) in [5, 5.41) is 1.03. The third kappa shape index (κ3) is 5.91. The molecule has 0 aliphatic carbocycles. The number of allylic oxidation sites excluding steroid dienone is 1. The number of hydrogen-bond acceptors (Lipinski definition) is 5. The van der Waals surface area contributed by atoms with Crippen LogP contribution in [0.5, 0.6) is 11.5 Å². The lowest BCUT2D eigenvalue weighted by molar-refractivity contribution is 0.0183. The van der Waals surface area contributed by atoms with Crippen molar-refractivity contribution < 1.29 is 23.8 Å². The van der Waals surface area contributed by atoms with Crippen LogP contribution in [-0.2, 0) is 17.8 Å². The minimum atomic E-state index is -0.523. The quantitative estimate of drug-likeness (QED) is 0.245. The molecule has 0 bridgehead atoms. The normalized spacial score (nSPS) is 16.5. The molecular weight excluding hydrogens is 528 g/mol. The molecular formula is C35H36N2O5. The molecule has 2 aliphatic rings. The zero-order valence-corrected chi connectivity index (χ0v) is 24.3. The van der Waals surface area contributed by atoms with E-state index in [0.29, 0.717) is 54.9 Å². The summed E-state index contributed by atoms with van der Waals surface area (Å²) in [4.78, 5) is 31.2. The minimum absolute atomic E-state index is 0.133. The first-order valence-electron chi connectivity index (χ1n) is 14.6. The van der Waals surface area contributed by atoms with Gasteiger partial charge in [-0.1, -0.05) is 48.5 Å². The van der Waals surface area contributed by atoms with Gasteiger partial charge in [0, 0.05) is 41.3 Å². The van der Waals surface area contributed by atoms with Gasteiger partial charge in [0.1, 0.15) is 23.7 Å². The van der Waals surface area contributed by atoms with E-state index in [4.69, 9.17) is 14.2 Å². The van der Waals surface area contributed by atoms with Crippen LogP contribution in [0.15, 0.2) is 78.7 Å². The number of Topliss-reactive ketones (excluding diaryl/α,β-unsaturated/α-hetero) is 1. The summed E-state index contributed by atoms with van der Waals surface area (Å²) in [5.41, 5.74) is 3.89. The summed E-state index contributed by atoms with van der Waals surface area (Å²) >= 11 is 0. The van der Waals surface area contributed by atoms with Crippen molar-refractivity contribution in [2.45, 2.75) is 52.2 Å². The highest BCUT2D eigenvalue weighted by atomic mass is 16.6. The smallest absolute Gasteiger partial charge is 0.410 e.